The third-order valence-electron chi connectivity index (χ3n) is 1.64. The number of nitrogens with one attached hydrogen (secondary N) is 1. The maximum Gasteiger partial charge on any atom is 0.306 e. The van der Waals surface area contributed by atoms with E-state index in [1.54, 1.807) is 13.8 Å². The van der Waals surface area contributed by atoms with Crippen molar-refractivity contribution in [1.29, 1.82) is 0 Å². The summed E-state index contributed by atoms with van der Waals surface area (Å²) in [5.41, 5.74) is 0. The highest BCUT2D eigenvalue weighted by Gasteiger charge is 2.09. The van der Waals surface area contributed by atoms with E-state index in [1.807, 2.05) is 0 Å². The van der Waals surface area contributed by atoms with Gasteiger partial charge in [-0.05, 0) is 13.8 Å². The Morgan fingerprint density at radius 1 is 1.24 bits per heavy atom. The lowest BCUT2D eigenvalue weighted by molar-refractivity contribution is -0.148. The fraction of sp³-hybridized carbons (Fsp3) is 0.727. The highest BCUT2D eigenvalue weighted by atomic mass is 32.2. The van der Waals surface area contributed by atoms with Crippen LogP contribution in [-0.2, 0) is 19.1 Å². The zero-order chi connectivity index (χ0) is 13.3. The Hall–Kier alpha value is -1.04. The molecule has 0 spiro atoms. The van der Waals surface area contributed by atoms with Crippen molar-refractivity contribution < 1.29 is 19.1 Å². The standard InChI is InChI=1S/C11H19NO4S/c1-8(2)16-10(14)4-5-11(15)17-7-6-12-9(3)13/h8H,4-7H2,1-3H3,(H,12,13). The van der Waals surface area contributed by atoms with Gasteiger partial charge in [-0.1, -0.05) is 11.8 Å². The second-order valence-corrected chi connectivity index (χ2v) is 4.89. The van der Waals surface area contributed by atoms with E-state index in [0.29, 0.717) is 12.3 Å². The minimum atomic E-state index is -0.351. The molecule has 98 valence electrons. The van der Waals surface area contributed by atoms with Gasteiger partial charge in [0.05, 0.1) is 12.5 Å². The molecule has 1 amide bonds. The number of carbonyl (C=O) groups excluding carboxylic acids is 3. The first-order chi connectivity index (χ1) is 7.91. The molecule has 0 fully saturated rings. The van der Waals surface area contributed by atoms with Crippen molar-refractivity contribution in [2.75, 3.05) is 12.3 Å². The Kier molecular flexibility index (Phi) is 8.49. The first-order valence-electron chi connectivity index (χ1n) is 5.51. The second kappa shape index (κ2) is 9.04. The third kappa shape index (κ3) is 11.2. The van der Waals surface area contributed by atoms with Gasteiger partial charge in [-0.2, -0.15) is 0 Å². The van der Waals surface area contributed by atoms with Crippen LogP contribution in [0.3, 0.4) is 0 Å². The number of hydrogen-bond donors (Lipinski definition) is 1. The normalized spacial score (nSPS) is 10.1. The molecule has 0 rings (SSSR count). The summed E-state index contributed by atoms with van der Waals surface area (Å²) < 4.78 is 4.90. The van der Waals surface area contributed by atoms with Crippen LogP contribution < -0.4 is 5.32 Å². The highest BCUT2D eigenvalue weighted by molar-refractivity contribution is 8.13. The average molecular weight is 261 g/mol. The van der Waals surface area contributed by atoms with Crippen LogP contribution in [0.25, 0.3) is 0 Å². The molecule has 0 atom stereocenters. The average Bonchev–Trinajstić information content (AvgIpc) is 2.20. The van der Waals surface area contributed by atoms with E-state index in [1.165, 1.54) is 6.92 Å². The Bertz CT molecular complexity index is 279. The van der Waals surface area contributed by atoms with Crippen molar-refractivity contribution in [1.82, 2.24) is 5.32 Å². The molecule has 0 saturated carbocycles. The van der Waals surface area contributed by atoms with Gasteiger partial charge in [0.1, 0.15) is 0 Å². The van der Waals surface area contributed by atoms with Crippen molar-refractivity contribution in [3.63, 3.8) is 0 Å². The summed E-state index contributed by atoms with van der Waals surface area (Å²) in [4.78, 5) is 33.0. The number of ether oxygens (including phenoxy) is 1. The predicted molar refractivity (Wildman–Crippen MR) is 66.6 cm³/mol. The molecule has 0 saturated heterocycles. The van der Waals surface area contributed by atoms with Crippen LogP contribution in [0.4, 0.5) is 0 Å². The summed E-state index contributed by atoms with van der Waals surface area (Å²) in [6, 6.07) is 0. The molecule has 0 bridgehead atoms. The Labute approximate surface area is 106 Å². The van der Waals surface area contributed by atoms with Crippen LogP contribution >= 0.6 is 11.8 Å². The fourth-order valence-electron chi connectivity index (χ4n) is 0.990. The highest BCUT2D eigenvalue weighted by Crippen LogP contribution is 2.07. The summed E-state index contributed by atoms with van der Waals surface area (Å²) in [6.45, 7) is 5.42. The van der Waals surface area contributed by atoms with E-state index in [-0.39, 0.29) is 35.9 Å². The van der Waals surface area contributed by atoms with Crippen LogP contribution in [0.15, 0.2) is 0 Å². The van der Waals surface area contributed by atoms with Crippen LogP contribution in [0, 0.1) is 0 Å². The van der Waals surface area contributed by atoms with Gasteiger partial charge in [-0.15, -0.1) is 0 Å². The number of carbonyl (C=O) groups is 3. The summed E-state index contributed by atoms with van der Waals surface area (Å²) in [5.74, 6) is 0.0619. The minimum Gasteiger partial charge on any atom is -0.463 e. The molecule has 0 aliphatic heterocycles. The molecule has 0 unspecified atom stereocenters. The van der Waals surface area contributed by atoms with E-state index in [9.17, 15) is 14.4 Å². The summed E-state index contributed by atoms with van der Waals surface area (Å²) in [6.07, 6.45) is 0.144. The van der Waals surface area contributed by atoms with Crippen molar-refractivity contribution in [3.05, 3.63) is 0 Å². The van der Waals surface area contributed by atoms with Gasteiger partial charge >= 0.3 is 5.97 Å². The molecule has 0 aromatic heterocycles. The number of rotatable bonds is 7. The molecule has 17 heavy (non-hydrogen) atoms. The van der Waals surface area contributed by atoms with Crippen molar-refractivity contribution in [2.24, 2.45) is 0 Å². The van der Waals surface area contributed by atoms with Crippen molar-refractivity contribution in [3.8, 4) is 0 Å². The maximum atomic E-state index is 11.3. The number of hydrogen-bond acceptors (Lipinski definition) is 5. The number of esters is 1. The largest absolute Gasteiger partial charge is 0.463 e. The minimum absolute atomic E-state index is 0.0592. The summed E-state index contributed by atoms with van der Waals surface area (Å²) in [5, 5.41) is 2.53. The van der Waals surface area contributed by atoms with Crippen LogP contribution in [-0.4, -0.2) is 35.4 Å². The van der Waals surface area contributed by atoms with Crippen LogP contribution in [0.2, 0.25) is 0 Å². The quantitative estimate of drug-likeness (QED) is 0.549. The van der Waals surface area contributed by atoms with E-state index < -0.39 is 0 Å². The first kappa shape index (κ1) is 16.0. The van der Waals surface area contributed by atoms with Gasteiger partial charge in [0.15, 0.2) is 5.12 Å². The Balaban J connectivity index is 3.52. The van der Waals surface area contributed by atoms with E-state index >= 15 is 0 Å². The van der Waals surface area contributed by atoms with E-state index in [2.05, 4.69) is 5.32 Å². The SMILES string of the molecule is CC(=O)NCCSC(=O)CCC(=O)OC(C)C. The predicted octanol–water partition coefficient (Wildman–Crippen LogP) is 1.11. The van der Waals surface area contributed by atoms with E-state index in [0.717, 1.165) is 11.8 Å². The zero-order valence-electron chi connectivity index (χ0n) is 10.4. The van der Waals surface area contributed by atoms with Gasteiger partial charge in [-0.3, -0.25) is 14.4 Å². The van der Waals surface area contributed by atoms with Gasteiger partial charge in [-0.25, -0.2) is 0 Å². The molecule has 0 radical (unpaired) electrons. The molecule has 1 N–H and O–H groups in total. The number of thioether (sulfide) groups is 1. The molecule has 0 aliphatic rings. The van der Waals surface area contributed by atoms with Crippen molar-refractivity contribution in [2.45, 2.75) is 39.7 Å². The van der Waals surface area contributed by atoms with Crippen LogP contribution in [0.1, 0.15) is 33.6 Å². The third-order valence-corrected chi connectivity index (χ3v) is 2.57. The van der Waals surface area contributed by atoms with Gasteiger partial charge < -0.3 is 10.1 Å². The molecule has 0 heterocycles. The summed E-state index contributed by atoms with van der Waals surface area (Å²) >= 11 is 1.12. The molecular weight excluding hydrogens is 242 g/mol. The van der Waals surface area contributed by atoms with Gasteiger partial charge in [0, 0.05) is 25.6 Å². The molecule has 0 aromatic carbocycles. The molecule has 5 nitrogen and oxygen atoms in total. The monoisotopic (exact) mass is 261 g/mol. The molecule has 6 heteroatoms. The van der Waals surface area contributed by atoms with Gasteiger partial charge in [0.2, 0.25) is 5.91 Å². The smallest absolute Gasteiger partial charge is 0.306 e. The lowest BCUT2D eigenvalue weighted by Crippen LogP contribution is -2.22. The number of amides is 1. The topological polar surface area (TPSA) is 72.5 Å². The Morgan fingerprint density at radius 3 is 2.41 bits per heavy atom. The Morgan fingerprint density at radius 2 is 1.88 bits per heavy atom. The second-order valence-electron chi connectivity index (χ2n) is 3.74. The summed E-state index contributed by atoms with van der Waals surface area (Å²) in [7, 11) is 0. The lowest BCUT2D eigenvalue weighted by Gasteiger charge is -2.07. The van der Waals surface area contributed by atoms with Crippen LogP contribution in [0.5, 0.6) is 0 Å². The van der Waals surface area contributed by atoms with Gasteiger partial charge in [0.25, 0.3) is 0 Å². The lowest BCUT2D eigenvalue weighted by atomic mass is 10.3. The zero-order valence-corrected chi connectivity index (χ0v) is 11.3. The first-order valence-corrected chi connectivity index (χ1v) is 6.50. The molecule has 0 aromatic rings. The fourth-order valence-corrected chi connectivity index (χ4v) is 1.67. The molecule has 0 aliphatic carbocycles. The van der Waals surface area contributed by atoms with Crippen molar-refractivity contribution >= 4 is 28.8 Å². The molecular formula is C11H19NO4S. The van der Waals surface area contributed by atoms with E-state index in [4.69, 9.17) is 4.74 Å². The maximum absolute atomic E-state index is 11.3.